The lowest BCUT2D eigenvalue weighted by Crippen LogP contribution is -3.00. The molecule has 7 heteroatoms. The maximum atomic E-state index is 6.35. The molecular weight excluding hydrogens is 485 g/mol. The predicted octanol–water partition coefficient (Wildman–Crippen LogP) is 0.419. The van der Waals surface area contributed by atoms with Gasteiger partial charge in [0.05, 0.1) is 25.8 Å². The highest BCUT2D eigenvalue weighted by Crippen LogP contribution is 2.43. The molecule has 2 N–H and O–H groups in total. The van der Waals surface area contributed by atoms with Crippen LogP contribution < -0.4 is 39.2 Å². The second-order valence-corrected chi connectivity index (χ2v) is 7.56. The Bertz CT molecular complexity index is 945. The molecular formula is C21H24IN3O2S. The molecule has 1 aliphatic carbocycles. The molecule has 1 heterocycles. The molecule has 0 unspecified atom stereocenters. The number of aryl methyl sites for hydroxylation is 1. The van der Waals surface area contributed by atoms with Gasteiger partial charge < -0.3 is 33.5 Å². The summed E-state index contributed by atoms with van der Waals surface area (Å²) in [5.41, 5.74) is 11.2. The minimum Gasteiger partial charge on any atom is -1.00 e. The molecule has 1 aliphatic heterocycles. The second kappa shape index (κ2) is 8.73. The number of halogens is 1. The third kappa shape index (κ3) is 3.50. The van der Waals surface area contributed by atoms with Gasteiger partial charge in [-0.1, -0.05) is 35.4 Å². The van der Waals surface area contributed by atoms with E-state index in [0.29, 0.717) is 11.1 Å². The molecule has 0 saturated carbocycles. The lowest BCUT2D eigenvalue weighted by molar-refractivity contribution is -0.571. The number of hydrazone groups is 1. The van der Waals surface area contributed by atoms with E-state index in [0.717, 1.165) is 35.6 Å². The van der Waals surface area contributed by atoms with E-state index in [9.17, 15) is 0 Å². The van der Waals surface area contributed by atoms with E-state index >= 15 is 0 Å². The summed E-state index contributed by atoms with van der Waals surface area (Å²) in [7, 11) is 3.31. The summed E-state index contributed by atoms with van der Waals surface area (Å²) in [6.45, 7) is 0. The fourth-order valence-corrected chi connectivity index (χ4v) is 4.45. The monoisotopic (exact) mass is 509 g/mol. The molecule has 2 aromatic rings. The van der Waals surface area contributed by atoms with Crippen LogP contribution in [-0.2, 0) is 6.42 Å². The number of ether oxygens (including phenoxy) is 2. The van der Waals surface area contributed by atoms with Crippen molar-refractivity contribution in [3.63, 3.8) is 0 Å². The zero-order valence-electron chi connectivity index (χ0n) is 16.2. The van der Waals surface area contributed by atoms with E-state index in [2.05, 4.69) is 30.3 Å². The molecule has 0 saturated heterocycles. The molecule has 148 valence electrons. The van der Waals surface area contributed by atoms with Crippen LogP contribution in [0.15, 0.2) is 47.6 Å². The molecule has 2 aromatic carbocycles. The van der Waals surface area contributed by atoms with Gasteiger partial charge in [-0.2, -0.15) is 0 Å². The van der Waals surface area contributed by atoms with Crippen LogP contribution in [0.1, 0.15) is 29.2 Å². The smallest absolute Gasteiger partial charge is 0.329 e. The molecule has 0 spiro atoms. The number of hydrogen-bond acceptors (Lipinski definition) is 4. The van der Waals surface area contributed by atoms with Crippen LogP contribution in [-0.4, -0.2) is 36.0 Å². The fourth-order valence-electron chi connectivity index (χ4n) is 4.11. The first kappa shape index (κ1) is 21.0. The summed E-state index contributed by atoms with van der Waals surface area (Å²) >= 11 is 1.52. The summed E-state index contributed by atoms with van der Waals surface area (Å²) in [5.74, 6) is 1.74. The summed E-state index contributed by atoms with van der Waals surface area (Å²) in [4.78, 5) is 0. The van der Waals surface area contributed by atoms with Crippen LogP contribution in [0, 0.1) is 5.92 Å². The van der Waals surface area contributed by atoms with Gasteiger partial charge in [0.15, 0.2) is 17.5 Å². The highest BCUT2D eigenvalue weighted by atomic mass is 127. The molecule has 5 nitrogen and oxygen atoms in total. The van der Waals surface area contributed by atoms with Crippen LogP contribution in [0.25, 0.3) is 0 Å². The van der Waals surface area contributed by atoms with E-state index in [1.165, 1.54) is 22.9 Å². The van der Waals surface area contributed by atoms with Gasteiger partial charge in [-0.3, -0.25) is 5.73 Å². The zero-order valence-corrected chi connectivity index (χ0v) is 19.2. The van der Waals surface area contributed by atoms with Gasteiger partial charge >= 0.3 is 5.17 Å². The number of nitrogens with two attached hydrogens (primary N) is 1. The van der Waals surface area contributed by atoms with Gasteiger partial charge in [0, 0.05) is 11.1 Å². The van der Waals surface area contributed by atoms with Crippen LogP contribution in [0.3, 0.4) is 0 Å². The molecule has 0 aromatic heterocycles. The SMILES string of the molecule is COc1ccc([C@@H]2[C@@H]3CCc4ccccc4C3=N/[N+]2=C(\N)SC)cc1OC.[I-]. The summed E-state index contributed by atoms with van der Waals surface area (Å²) in [6.07, 6.45) is 4.08. The number of hydrogen-bond donors (Lipinski definition) is 1. The van der Waals surface area contributed by atoms with E-state index in [-0.39, 0.29) is 30.0 Å². The Morgan fingerprint density at radius 2 is 1.89 bits per heavy atom. The minimum atomic E-state index is 0. The van der Waals surface area contributed by atoms with Gasteiger partial charge in [0.2, 0.25) is 0 Å². The average molecular weight is 509 g/mol. The van der Waals surface area contributed by atoms with Crippen molar-refractivity contribution in [2.24, 2.45) is 16.8 Å². The van der Waals surface area contributed by atoms with Crippen molar-refractivity contribution in [2.75, 3.05) is 20.5 Å². The lowest BCUT2D eigenvalue weighted by atomic mass is 9.77. The zero-order chi connectivity index (χ0) is 19.0. The third-order valence-electron chi connectivity index (χ3n) is 5.41. The van der Waals surface area contributed by atoms with Crippen LogP contribution in [0.5, 0.6) is 11.5 Å². The van der Waals surface area contributed by atoms with Gasteiger partial charge in [0.1, 0.15) is 0 Å². The summed E-state index contributed by atoms with van der Waals surface area (Å²) in [6, 6.07) is 14.7. The first-order chi connectivity index (χ1) is 13.2. The standard InChI is InChI=1S/C21H23N3O2S.HI/c1-25-17-11-9-14(12-18(17)26-2)20-16-10-8-13-6-4-5-7-15(13)19(16)23-24(20)21(22)27-3;/h4-7,9,11-12,16,20,22H,8,10H2,1-3H3;1H/t16-,20-;/m1./s1. The van der Waals surface area contributed by atoms with Gasteiger partial charge in [-0.25, -0.2) is 0 Å². The van der Waals surface area contributed by atoms with Gasteiger partial charge in [-0.05, 0) is 48.6 Å². The number of methoxy groups -OCH3 is 2. The van der Waals surface area contributed by atoms with E-state index in [1.54, 1.807) is 14.2 Å². The quantitative estimate of drug-likeness (QED) is 0.371. The van der Waals surface area contributed by atoms with Crippen LogP contribution in [0.4, 0.5) is 0 Å². The van der Waals surface area contributed by atoms with Gasteiger partial charge in [0.25, 0.3) is 0 Å². The van der Waals surface area contributed by atoms with Crippen molar-refractivity contribution in [1.82, 2.24) is 0 Å². The van der Waals surface area contributed by atoms with E-state index in [4.69, 9.17) is 20.3 Å². The molecule has 0 bridgehead atoms. The second-order valence-electron chi connectivity index (χ2n) is 6.73. The van der Waals surface area contributed by atoms with Crippen LogP contribution in [0.2, 0.25) is 0 Å². The number of thioether (sulfide) groups is 1. The van der Waals surface area contributed by atoms with Crippen molar-refractivity contribution in [3.8, 4) is 11.5 Å². The Balaban J connectivity index is 0.00000225. The first-order valence-electron chi connectivity index (χ1n) is 9.02. The Morgan fingerprint density at radius 1 is 1.14 bits per heavy atom. The Hall–Kier alpha value is -1.74. The fraction of sp³-hybridized carbons (Fsp3) is 0.333. The maximum Gasteiger partial charge on any atom is 0.329 e. The van der Waals surface area contributed by atoms with Crippen molar-refractivity contribution in [3.05, 3.63) is 59.2 Å². The molecule has 2 atom stereocenters. The first-order valence-corrected chi connectivity index (χ1v) is 10.2. The van der Waals surface area contributed by atoms with Gasteiger partial charge in [-0.15, -0.1) is 4.68 Å². The van der Waals surface area contributed by atoms with Crippen molar-refractivity contribution >= 4 is 22.6 Å². The number of rotatable bonds is 3. The Morgan fingerprint density at radius 3 is 2.61 bits per heavy atom. The Labute approximate surface area is 187 Å². The summed E-state index contributed by atoms with van der Waals surface area (Å²) in [5, 5.41) is 5.68. The number of benzene rings is 2. The Kier molecular flexibility index (Phi) is 6.54. The lowest BCUT2D eigenvalue weighted by Gasteiger charge is -2.25. The van der Waals surface area contributed by atoms with E-state index < -0.39 is 0 Å². The molecule has 0 radical (unpaired) electrons. The molecule has 2 aliphatic rings. The normalized spacial score (nSPS) is 21.8. The largest absolute Gasteiger partial charge is 1.00 e. The van der Waals surface area contributed by atoms with Crippen molar-refractivity contribution < 1.29 is 38.1 Å². The maximum absolute atomic E-state index is 6.35. The number of amidine groups is 1. The molecule has 0 amide bonds. The number of nitrogens with zero attached hydrogens (tertiary/aromatic N) is 2. The van der Waals surface area contributed by atoms with Crippen molar-refractivity contribution in [2.45, 2.75) is 18.9 Å². The molecule has 28 heavy (non-hydrogen) atoms. The molecule has 0 fully saturated rings. The van der Waals surface area contributed by atoms with Crippen LogP contribution >= 0.6 is 11.8 Å². The topological polar surface area (TPSA) is 59.9 Å². The van der Waals surface area contributed by atoms with Crippen molar-refractivity contribution in [1.29, 1.82) is 0 Å². The average Bonchev–Trinajstić information content (AvgIpc) is 3.12. The predicted molar refractivity (Wildman–Crippen MR) is 110 cm³/mol. The highest BCUT2D eigenvalue weighted by molar-refractivity contribution is 8.12. The molecule has 4 rings (SSSR count). The highest BCUT2D eigenvalue weighted by Gasteiger charge is 2.44. The van der Waals surface area contributed by atoms with E-state index in [1.807, 2.05) is 23.1 Å². The summed E-state index contributed by atoms with van der Waals surface area (Å²) < 4.78 is 12.9. The number of fused-ring (bicyclic) bond motifs is 3. The third-order valence-corrected chi connectivity index (χ3v) is 6.02. The minimum absolute atomic E-state index is 0.